The van der Waals surface area contributed by atoms with E-state index in [2.05, 4.69) is 26.9 Å². The molecule has 4 heteroatoms. The van der Waals surface area contributed by atoms with Gasteiger partial charge in [0.1, 0.15) is 0 Å². The van der Waals surface area contributed by atoms with Gasteiger partial charge in [-0.25, -0.2) is 4.98 Å². The predicted octanol–water partition coefficient (Wildman–Crippen LogP) is 2.74. The molecule has 1 atom stereocenters. The van der Waals surface area contributed by atoms with Crippen molar-refractivity contribution in [1.82, 2.24) is 14.7 Å². The normalized spacial score (nSPS) is 19.4. The highest BCUT2D eigenvalue weighted by atomic mass is 16.5. The SMILES string of the molecule is Cc1cc(-c2nccn2C2C=CCC2)on1. The molecule has 16 heavy (non-hydrogen) atoms. The third-order valence-corrected chi connectivity index (χ3v) is 2.86. The summed E-state index contributed by atoms with van der Waals surface area (Å²) in [6.45, 7) is 1.91. The minimum absolute atomic E-state index is 0.405. The van der Waals surface area contributed by atoms with Crippen LogP contribution in [0.1, 0.15) is 24.6 Å². The first-order chi connectivity index (χ1) is 7.84. The zero-order chi connectivity index (χ0) is 11.0. The highest BCUT2D eigenvalue weighted by Crippen LogP contribution is 2.28. The van der Waals surface area contributed by atoms with Gasteiger partial charge >= 0.3 is 0 Å². The smallest absolute Gasteiger partial charge is 0.202 e. The van der Waals surface area contributed by atoms with Crippen molar-refractivity contribution < 1.29 is 4.52 Å². The Morgan fingerprint density at radius 1 is 1.50 bits per heavy atom. The predicted molar refractivity (Wildman–Crippen MR) is 59.9 cm³/mol. The molecule has 0 bridgehead atoms. The molecule has 0 aromatic carbocycles. The molecule has 0 aliphatic heterocycles. The van der Waals surface area contributed by atoms with E-state index in [0.29, 0.717) is 6.04 Å². The maximum Gasteiger partial charge on any atom is 0.202 e. The molecule has 0 saturated heterocycles. The number of allylic oxidation sites excluding steroid dienone is 2. The lowest BCUT2D eigenvalue weighted by Crippen LogP contribution is -2.04. The standard InChI is InChI=1S/C12H13N3O/c1-9-8-11(16-14-9)12-13-6-7-15(12)10-4-2-3-5-10/h2,4,6-8,10H,3,5H2,1H3. The summed E-state index contributed by atoms with van der Waals surface area (Å²) in [6.07, 6.45) is 10.5. The molecule has 0 fully saturated rings. The van der Waals surface area contributed by atoms with Crippen LogP contribution in [-0.2, 0) is 0 Å². The van der Waals surface area contributed by atoms with Gasteiger partial charge in [-0.3, -0.25) is 0 Å². The molecule has 2 aromatic heterocycles. The molecule has 0 radical (unpaired) electrons. The van der Waals surface area contributed by atoms with E-state index in [4.69, 9.17) is 4.52 Å². The number of imidazole rings is 1. The van der Waals surface area contributed by atoms with Crippen molar-refractivity contribution in [3.63, 3.8) is 0 Å². The fourth-order valence-corrected chi connectivity index (χ4v) is 2.09. The molecule has 2 aromatic rings. The minimum atomic E-state index is 0.405. The topological polar surface area (TPSA) is 43.9 Å². The average Bonchev–Trinajstić information content (AvgIpc) is 2.96. The van der Waals surface area contributed by atoms with Crippen molar-refractivity contribution in [3.05, 3.63) is 36.3 Å². The molecular weight excluding hydrogens is 202 g/mol. The Bertz CT molecular complexity index is 524. The summed E-state index contributed by atoms with van der Waals surface area (Å²) in [6, 6.07) is 2.32. The van der Waals surface area contributed by atoms with E-state index >= 15 is 0 Å². The molecule has 3 rings (SSSR count). The Labute approximate surface area is 93.6 Å². The van der Waals surface area contributed by atoms with Crippen LogP contribution in [-0.4, -0.2) is 14.7 Å². The Kier molecular flexibility index (Phi) is 2.13. The maximum atomic E-state index is 5.25. The van der Waals surface area contributed by atoms with Crippen molar-refractivity contribution in [3.8, 4) is 11.6 Å². The van der Waals surface area contributed by atoms with Crippen LogP contribution in [0.4, 0.5) is 0 Å². The molecule has 2 heterocycles. The van der Waals surface area contributed by atoms with Crippen LogP contribution in [0.3, 0.4) is 0 Å². The summed E-state index contributed by atoms with van der Waals surface area (Å²) < 4.78 is 7.39. The van der Waals surface area contributed by atoms with Crippen LogP contribution in [0.2, 0.25) is 0 Å². The number of rotatable bonds is 2. The fourth-order valence-electron chi connectivity index (χ4n) is 2.09. The van der Waals surface area contributed by atoms with Crippen LogP contribution >= 0.6 is 0 Å². The van der Waals surface area contributed by atoms with Gasteiger partial charge in [-0.2, -0.15) is 0 Å². The molecule has 1 aliphatic rings. The molecule has 0 spiro atoms. The van der Waals surface area contributed by atoms with E-state index in [1.54, 1.807) is 6.20 Å². The van der Waals surface area contributed by atoms with E-state index in [1.165, 1.54) is 0 Å². The number of hydrogen-bond donors (Lipinski definition) is 0. The number of aryl methyl sites for hydroxylation is 1. The van der Waals surface area contributed by atoms with Crippen LogP contribution in [0.15, 0.2) is 35.1 Å². The second kappa shape index (κ2) is 3.63. The van der Waals surface area contributed by atoms with E-state index in [0.717, 1.165) is 30.1 Å². The van der Waals surface area contributed by atoms with Gasteiger partial charge < -0.3 is 9.09 Å². The summed E-state index contributed by atoms with van der Waals surface area (Å²) in [5.41, 5.74) is 0.881. The lowest BCUT2D eigenvalue weighted by atomic mass is 10.2. The summed E-state index contributed by atoms with van der Waals surface area (Å²) in [5.74, 6) is 1.60. The van der Waals surface area contributed by atoms with Crippen LogP contribution in [0.5, 0.6) is 0 Å². The first-order valence-electron chi connectivity index (χ1n) is 5.48. The molecule has 1 unspecified atom stereocenters. The highest BCUT2D eigenvalue weighted by molar-refractivity contribution is 5.48. The molecule has 4 nitrogen and oxygen atoms in total. The van der Waals surface area contributed by atoms with Gasteiger partial charge in [0, 0.05) is 18.5 Å². The minimum Gasteiger partial charge on any atom is -0.353 e. The largest absolute Gasteiger partial charge is 0.353 e. The first-order valence-corrected chi connectivity index (χ1v) is 5.48. The van der Waals surface area contributed by atoms with Crippen molar-refractivity contribution in [2.75, 3.05) is 0 Å². The van der Waals surface area contributed by atoms with Crippen molar-refractivity contribution in [1.29, 1.82) is 0 Å². The molecule has 1 aliphatic carbocycles. The van der Waals surface area contributed by atoms with Gasteiger partial charge in [0.05, 0.1) is 11.7 Å². The van der Waals surface area contributed by atoms with E-state index < -0.39 is 0 Å². The van der Waals surface area contributed by atoms with E-state index in [9.17, 15) is 0 Å². The van der Waals surface area contributed by atoms with Gasteiger partial charge in [0.2, 0.25) is 5.76 Å². The van der Waals surface area contributed by atoms with Crippen LogP contribution < -0.4 is 0 Å². The molecular formula is C12H13N3O. The quantitative estimate of drug-likeness (QED) is 0.723. The second-order valence-corrected chi connectivity index (χ2v) is 4.06. The number of aromatic nitrogens is 3. The van der Waals surface area contributed by atoms with Crippen LogP contribution in [0, 0.1) is 6.92 Å². The van der Waals surface area contributed by atoms with Crippen molar-refractivity contribution >= 4 is 0 Å². The third-order valence-electron chi connectivity index (χ3n) is 2.86. The average molecular weight is 215 g/mol. The lowest BCUT2D eigenvalue weighted by molar-refractivity contribution is 0.420. The number of nitrogens with zero attached hydrogens (tertiary/aromatic N) is 3. The maximum absolute atomic E-state index is 5.25. The Morgan fingerprint density at radius 3 is 3.12 bits per heavy atom. The zero-order valence-electron chi connectivity index (χ0n) is 9.13. The number of hydrogen-bond acceptors (Lipinski definition) is 3. The molecule has 0 saturated carbocycles. The Hall–Kier alpha value is -1.84. The highest BCUT2D eigenvalue weighted by Gasteiger charge is 2.18. The van der Waals surface area contributed by atoms with Gasteiger partial charge in [0.15, 0.2) is 5.82 Å². The van der Waals surface area contributed by atoms with Crippen molar-refractivity contribution in [2.45, 2.75) is 25.8 Å². The summed E-state index contributed by atoms with van der Waals surface area (Å²) in [4.78, 5) is 4.34. The zero-order valence-corrected chi connectivity index (χ0v) is 9.13. The molecule has 0 amide bonds. The summed E-state index contributed by atoms with van der Waals surface area (Å²) >= 11 is 0. The lowest BCUT2D eigenvalue weighted by Gasteiger charge is -2.11. The Morgan fingerprint density at radius 2 is 2.44 bits per heavy atom. The van der Waals surface area contributed by atoms with E-state index in [-0.39, 0.29) is 0 Å². The molecule has 0 N–H and O–H groups in total. The first kappa shape index (κ1) is 9.39. The van der Waals surface area contributed by atoms with Gasteiger partial charge in [0.25, 0.3) is 0 Å². The monoisotopic (exact) mass is 215 g/mol. The van der Waals surface area contributed by atoms with Crippen molar-refractivity contribution in [2.24, 2.45) is 0 Å². The third kappa shape index (κ3) is 1.46. The fraction of sp³-hybridized carbons (Fsp3) is 0.333. The summed E-state index contributed by atoms with van der Waals surface area (Å²) in [5, 5.41) is 3.89. The van der Waals surface area contributed by atoms with Gasteiger partial charge in [-0.05, 0) is 19.8 Å². The van der Waals surface area contributed by atoms with Gasteiger partial charge in [-0.1, -0.05) is 17.3 Å². The van der Waals surface area contributed by atoms with E-state index in [1.807, 2.05) is 19.2 Å². The second-order valence-electron chi connectivity index (χ2n) is 4.06. The molecule has 82 valence electrons. The Balaban J connectivity index is 2.01. The van der Waals surface area contributed by atoms with Crippen LogP contribution in [0.25, 0.3) is 11.6 Å². The van der Waals surface area contributed by atoms with Gasteiger partial charge in [-0.15, -0.1) is 0 Å². The summed E-state index contributed by atoms with van der Waals surface area (Å²) in [7, 11) is 0.